The van der Waals surface area contributed by atoms with Gasteiger partial charge in [0.05, 0.1) is 17.9 Å². The summed E-state index contributed by atoms with van der Waals surface area (Å²) in [6.07, 6.45) is 12.0. The second-order valence-corrected chi connectivity index (χ2v) is 10.8. The maximum absolute atomic E-state index is 14.5. The van der Waals surface area contributed by atoms with E-state index in [4.69, 9.17) is 4.74 Å². The lowest BCUT2D eigenvalue weighted by molar-refractivity contribution is -0.147. The van der Waals surface area contributed by atoms with E-state index in [1.807, 2.05) is 0 Å². The molecule has 1 aliphatic carbocycles. The van der Waals surface area contributed by atoms with Gasteiger partial charge in [0.1, 0.15) is 11.9 Å². The van der Waals surface area contributed by atoms with Crippen LogP contribution in [-0.4, -0.2) is 61.5 Å². The first kappa shape index (κ1) is 32.6. The van der Waals surface area contributed by atoms with Gasteiger partial charge in [-0.2, -0.15) is 13.8 Å². The fourth-order valence-electron chi connectivity index (χ4n) is 5.47. The van der Waals surface area contributed by atoms with E-state index in [1.165, 1.54) is 38.2 Å². The highest BCUT2D eigenvalue weighted by atomic mass is 19.3. The molecule has 228 valence electrons. The summed E-state index contributed by atoms with van der Waals surface area (Å²) in [5, 5.41) is 31.3. The van der Waals surface area contributed by atoms with Gasteiger partial charge in [-0.3, -0.25) is 14.2 Å². The molecule has 2 aliphatic rings. The van der Waals surface area contributed by atoms with E-state index in [-0.39, 0.29) is 12.2 Å². The summed E-state index contributed by atoms with van der Waals surface area (Å²) in [4.78, 5) is 42.0. The Morgan fingerprint density at radius 1 is 1.07 bits per heavy atom. The molecular formula is C29H41F2N3O7. The number of nitrogens with zero attached hydrogens (tertiary/aromatic N) is 2. The molecule has 0 radical (unpaired) electrons. The number of amides is 1. The van der Waals surface area contributed by atoms with Crippen LogP contribution in [0.1, 0.15) is 83.8 Å². The molecule has 2 heterocycles. The number of carbonyl (C=O) groups is 2. The summed E-state index contributed by atoms with van der Waals surface area (Å²) in [6, 6.07) is 1.11. The first-order valence-electron chi connectivity index (χ1n) is 14.4. The fraction of sp³-hybridized carbons (Fsp3) is 0.655. The highest BCUT2D eigenvalue weighted by Crippen LogP contribution is 2.42. The predicted octanol–water partition coefficient (Wildman–Crippen LogP) is 4.19. The smallest absolute Gasteiger partial charge is 0.351 e. The Morgan fingerprint density at radius 3 is 2.27 bits per heavy atom. The molecule has 10 nitrogen and oxygen atoms in total. The van der Waals surface area contributed by atoms with Crippen LogP contribution in [0.15, 0.2) is 41.4 Å². The SMILES string of the molecule is CCCCCCCCCCCCC1(C(=O)Nc2ccn([C@@H]3O[C@H](CO)[C@@H](O)C3(F)F)c(=O)n2)C=CC=CC1C(=O)O. The number of unbranched alkanes of at least 4 members (excludes halogenated alkanes) is 9. The quantitative estimate of drug-likeness (QED) is 0.212. The Balaban J connectivity index is 1.68. The number of anilines is 1. The first-order valence-corrected chi connectivity index (χ1v) is 14.4. The van der Waals surface area contributed by atoms with Crippen LogP contribution in [0.4, 0.5) is 14.6 Å². The molecule has 1 aliphatic heterocycles. The molecular weight excluding hydrogens is 540 g/mol. The Hall–Kier alpha value is -2.96. The van der Waals surface area contributed by atoms with Gasteiger partial charge in [0.2, 0.25) is 12.1 Å². The monoisotopic (exact) mass is 581 g/mol. The van der Waals surface area contributed by atoms with E-state index in [9.17, 15) is 38.5 Å². The van der Waals surface area contributed by atoms with Crippen molar-refractivity contribution in [3.63, 3.8) is 0 Å². The first-order chi connectivity index (χ1) is 19.6. The van der Waals surface area contributed by atoms with Crippen molar-refractivity contribution < 1.29 is 38.4 Å². The van der Waals surface area contributed by atoms with Crippen molar-refractivity contribution in [2.75, 3.05) is 11.9 Å². The van der Waals surface area contributed by atoms with Crippen molar-refractivity contribution in [1.29, 1.82) is 0 Å². The van der Waals surface area contributed by atoms with Crippen molar-refractivity contribution >= 4 is 17.7 Å². The molecule has 12 heteroatoms. The zero-order valence-electron chi connectivity index (χ0n) is 23.4. The minimum atomic E-state index is -3.88. The molecule has 1 aromatic heterocycles. The third-order valence-electron chi connectivity index (χ3n) is 7.88. The van der Waals surface area contributed by atoms with Gasteiger partial charge < -0.3 is 25.4 Å². The largest absolute Gasteiger partial charge is 0.481 e. The van der Waals surface area contributed by atoms with Crippen LogP contribution >= 0.6 is 0 Å². The molecule has 4 N–H and O–H groups in total. The summed E-state index contributed by atoms with van der Waals surface area (Å²) < 4.78 is 34.4. The summed E-state index contributed by atoms with van der Waals surface area (Å²) in [5.74, 6) is -7.12. The third-order valence-corrected chi connectivity index (χ3v) is 7.88. The van der Waals surface area contributed by atoms with Crippen LogP contribution in [0.25, 0.3) is 0 Å². The number of ether oxygens (including phenoxy) is 1. The summed E-state index contributed by atoms with van der Waals surface area (Å²) >= 11 is 0. The molecule has 0 spiro atoms. The van der Waals surface area contributed by atoms with Gasteiger partial charge in [-0.15, -0.1) is 0 Å². The predicted molar refractivity (Wildman–Crippen MR) is 147 cm³/mol. The summed E-state index contributed by atoms with van der Waals surface area (Å²) in [5.41, 5.74) is -2.62. The van der Waals surface area contributed by atoms with Crippen LogP contribution in [0.2, 0.25) is 0 Å². The van der Waals surface area contributed by atoms with Crippen LogP contribution in [-0.2, 0) is 14.3 Å². The number of alkyl halides is 2. The summed E-state index contributed by atoms with van der Waals surface area (Å²) in [6.45, 7) is 1.31. The number of hydrogen-bond acceptors (Lipinski definition) is 7. The molecule has 0 aromatic carbocycles. The topological polar surface area (TPSA) is 151 Å². The number of rotatable bonds is 16. The standard InChI is InChI=1S/C29H41F2N3O7/c1-2-3-4-5-6-7-8-9-10-12-16-28(17-13-11-14-20(28)24(37)38)25(39)32-22-15-18-34(27(40)33-22)26-29(30,31)23(36)21(19-35)41-26/h11,13-15,17-18,20-21,23,26,35-36H,2-10,12,16,19H2,1H3,(H,37,38)(H,32,33,39,40)/t20?,21-,23-,26-,28?/m1/s1. The number of nitrogens with one attached hydrogen (secondary N) is 1. The van der Waals surface area contributed by atoms with Gasteiger partial charge in [-0.25, -0.2) is 4.79 Å². The van der Waals surface area contributed by atoms with Gasteiger partial charge in [0, 0.05) is 6.20 Å². The molecule has 1 amide bonds. The third kappa shape index (κ3) is 7.66. The van der Waals surface area contributed by atoms with Crippen molar-refractivity contribution in [1.82, 2.24) is 9.55 Å². The van der Waals surface area contributed by atoms with Crippen LogP contribution in [0, 0.1) is 11.3 Å². The Labute approximate surface area is 238 Å². The molecule has 5 atom stereocenters. The molecule has 1 aromatic rings. The van der Waals surface area contributed by atoms with E-state index < -0.39 is 59.9 Å². The Morgan fingerprint density at radius 2 is 1.71 bits per heavy atom. The minimum absolute atomic E-state index is 0.244. The van der Waals surface area contributed by atoms with E-state index in [2.05, 4.69) is 17.2 Å². The van der Waals surface area contributed by atoms with Crippen molar-refractivity contribution in [3.05, 3.63) is 47.1 Å². The van der Waals surface area contributed by atoms with Gasteiger partial charge in [-0.1, -0.05) is 95.4 Å². The van der Waals surface area contributed by atoms with Crippen molar-refractivity contribution in [2.45, 2.75) is 102 Å². The molecule has 0 saturated carbocycles. The maximum Gasteiger partial charge on any atom is 0.351 e. The zero-order chi connectivity index (χ0) is 30.0. The molecule has 1 fully saturated rings. The Bertz CT molecular complexity index is 1160. The van der Waals surface area contributed by atoms with Crippen LogP contribution in [0.5, 0.6) is 0 Å². The highest BCUT2D eigenvalue weighted by Gasteiger charge is 2.59. The normalized spacial score (nSPS) is 26.8. The number of hydrogen-bond donors (Lipinski definition) is 4. The number of aromatic nitrogens is 2. The molecule has 1 saturated heterocycles. The number of aliphatic hydroxyl groups excluding tert-OH is 2. The Kier molecular flexibility index (Phi) is 11.7. The number of allylic oxidation sites excluding steroid dienone is 2. The van der Waals surface area contributed by atoms with Crippen molar-refractivity contribution in [3.8, 4) is 0 Å². The lowest BCUT2D eigenvalue weighted by Gasteiger charge is -2.35. The maximum atomic E-state index is 14.5. The van der Waals surface area contributed by atoms with E-state index in [0.717, 1.165) is 37.9 Å². The fourth-order valence-corrected chi connectivity index (χ4v) is 5.47. The van der Waals surface area contributed by atoms with E-state index >= 15 is 0 Å². The van der Waals surface area contributed by atoms with Gasteiger partial charge in [0.15, 0.2) is 6.10 Å². The summed E-state index contributed by atoms with van der Waals surface area (Å²) in [7, 11) is 0. The van der Waals surface area contributed by atoms with Gasteiger partial charge >= 0.3 is 17.6 Å². The minimum Gasteiger partial charge on any atom is -0.481 e. The number of carbonyl (C=O) groups excluding carboxylic acids is 1. The second-order valence-electron chi connectivity index (χ2n) is 10.8. The molecule has 3 rings (SSSR count). The van der Waals surface area contributed by atoms with E-state index in [0.29, 0.717) is 11.0 Å². The van der Waals surface area contributed by atoms with Gasteiger partial charge in [0.25, 0.3) is 0 Å². The van der Waals surface area contributed by atoms with Crippen LogP contribution < -0.4 is 11.0 Å². The average Bonchev–Trinajstić information content (AvgIpc) is 3.17. The second kappa shape index (κ2) is 14.8. The van der Waals surface area contributed by atoms with Crippen molar-refractivity contribution in [2.24, 2.45) is 11.3 Å². The lowest BCUT2D eigenvalue weighted by atomic mass is 9.68. The number of carboxylic acid groups (broad SMARTS) is 1. The molecule has 2 unspecified atom stereocenters. The zero-order valence-corrected chi connectivity index (χ0v) is 23.4. The lowest BCUT2D eigenvalue weighted by Crippen LogP contribution is -2.45. The van der Waals surface area contributed by atoms with E-state index in [1.54, 1.807) is 18.2 Å². The number of aliphatic hydroxyl groups is 2. The van der Waals surface area contributed by atoms with Gasteiger partial charge in [-0.05, 0) is 12.5 Å². The highest BCUT2D eigenvalue weighted by molar-refractivity contribution is 5.99. The average molecular weight is 582 g/mol. The number of aliphatic carboxylic acids is 1. The molecule has 41 heavy (non-hydrogen) atoms. The molecule has 0 bridgehead atoms. The number of carboxylic acids is 1. The number of halogens is 2. The van der Waals surface area contributed by atoms with Crippen LogP contribution in [0.3, 0.4) is 0 Å².